The monoisotopic (exact) mass is 126 g/mol. The van der Waals surface area contributed by atoms with Crippen molar-refractivity contribution >= 4 is 6.29 Å². The van der Waals surface area contributed by atoms with Gasteiger partial charge in [0.25, 0.3) is 0 Å². The molecule has 0 aliphatic rings. The second-order valence-corrected chi connectivity index (χ2v) is 2.67. The van der Waals surface area contributed by atoms with E-state index in [1.807, 2.05) is 6.92 Å². The van der Waals surface area contributed by atoms with Gasteiger partial charge in [-0.25, -0.2) is 0 Å². The minimum absolute atomic E-state index is 0.472. The summed E-state index contributed by atoms with van der Waals surface area (Å²) in [5.74, 6) is 0.472. The average molecular weight is 126 g/mol. The van der Waals surface area contributed by atoms with Crippen molar-refractivity contribution in [3.63, 3.8) is 0 Å². The lowest BCUT2D eigenvalue weighted by atomic mass is 10.0. The van der Waals surface area contributed by atoms with Crippen molar-refractivity contribution in [2.45, 2.75) is 26.7 Å². The predicted octanol–water partition coefficient (Wildman–Crippen LogP) is 2.18. The summed E-state index contributed by atoms with van der Waals surface area (Å²) >= 11 is 0. The summed E-state index contributed by atoms with van der Waals surface area (Å²) in [5.41, 5.74) is 1.16. The summed E-state index contributed by atoms with van der Waals surface area (Å²) in [6, 6.07) is 0. The molecule has 0 saturated carbocycles. The molecule has 1 unspecified atom stereocenters. The van der Waals surface area contributed by atoms with Crippen LogP contribution < -0.4 is 0 Å². The lowest BCUT2D eigenvalue weighted by molar-refractivity contribution is -0.108. The van der Waals surface area contributed by atoms with Crippen LogP contribution in [-0.2, 0) is 4.79 Å². The number of aldehydes is 1. The van der Waals surface area contributed by atoms with Gasteiger partial charge in [-0.15, -0.1) is 6.58 Å². The molecule has 0 aliphatic heterocycles. The molecule has 1 atom stereocenters. The second kappa shape index (κ2) is 4.30. The van der Waals surface area contributed by atoms with Crippen molar-refractivity contribution in [2.24, 2.45) is 5.92 Å². The van der Waals surface area contributed by atoms with E-state index in [9.17, 15) is 4.79 Å². The van der Waals surface area contributed by atoms with Gasteiger partial charge in [0.1, 0.15) is 6.29 Å². The van der Waals surface area contributed by atoms with E-state index in [-0.39, 0.29) is 0 Å². The normalized spacial score (nSPS) is 12.7. The van der Waals surface area contributed by atoms with Gasteiger partial charge < -0.3 is 4.79 Å². The summed E-state index contributed by atoms with van der Waals surface area (Å²) in [6.07, 6.45) is 2.60. The highest BCUT2D eigenvalue weighted by molar-refractivity contribution is 5.49. The number of hydrogen-bond acceptors (Lipinski definition) is 1. The van der Waals surface area contributed by atoms with Crippen molar-refractivity contribution < 1.29 is 4.79 Å². The molecule has 0 radical (unpaired) electrons. The van der Waals surface area contributed by atoms with Crippen LogP contribution in [0.1, 0.15) is 26.7 Å². The Bertz CT molecular complexity index is 105. The van der Waals surface area contributed by atoms with Crippen LogP contribution in [0, 0.1) is 5.92 Å². The molecule has 1 nitrogen and oxygen atoms in total. The van der Waals surface area contributed by atoms with Gasteiger partial charge in [-0.2, -0.15) is 0 Å². The van der Waals surface area contributed by atoms with Crippen molar-refractivity contribution in [3.8, 4) is 0 Å². The number of rotatable bonds is 4. The third kappa shape index (κ3) is 5.28. The fraction of sp³-hybridized carbons (Fsp3) is 0.625. The van der Waals surface area contributed by atoms with Gasteiger partial charge in [-0.05, 0) is 19.3 Å². The highest BCUT2D eigenvalue weighted by Gasteiger charge is 1.99. The summed E-state index contributed by atoms with van der Waals surface area (Å²) in [5, 5.41) is 0. The van der Waals surface area contributed by atoms with E-state index in [4.69, 9.17) is 0 Å². The molecule has 0 spiro atoms. The fourth-order valence-corrected chi connectivity index (χ4v) is 0.842. The largest absolute Gasteiger partial charge is 0.303 e. The van der Waals surface area contributed by atoms with E-state index in [0.717, 1.165) is 18.3 Å². The summed E-state index contributed by atoms with van der Waals surface area (Å²) < 4.78 is 0. The molecule has 9 heavy (non-hydrogen) atoms. The quantitative estimate of drug-likeness (QED) is 0.417. The van der Waals surface area contributed by atoms with Crippen molar-refractivity contribution in [1.82, 2.24) is 0 Å². The maximum atomic E-state index is 9.97. The minimum Gasteiger partial charge on any atom is -0.303 e. The molecular formula is C8H14O. The van der Waals surface area contributed by atoms with Gasteiger partial charge >= 0.3 is 0 Å². The highest BCUT2D eigenvalue weighted by Crippen LogP contribution is 2.10. The van der Waals surface area contributed by atoms with Crippen LogP contribution in [-0.4, -0.2) is 6.29 Å². The van der Waals surface area contributed by atoms with Gasteiger partial charge in [0.05, 0.1) is 0 Å². The Labute approximate surface area is 56.8 Å². The molecule has 0 aromatic heterocycles. The topological polar surface area (TPSA) is 17.1 Å². The van der Waals surface area contributed by atoms with Crippen LogP contribution >= 0.6 is 0 Å². The Balaban J connectivity index is 3.37. The SMILES string of the molecule is C=C(C)CC(C)CC=O. The van der Waals surface area contributed by atoms with Crippen molar-refractivity contribution in [3.05, 3.63) is 12.2 Å². The van der Waals surface area contributed by atoms with Gasteiger partial charge in [-0.1, -0.05) is 12.5 Å². The number of hydrogen-bond donors (Lipinski definition) is 0. The number of carbonyl (C=O) groups is 1. The van der Waals surface area contributed by atoms with Crippen LogP contribution in [0.25, 0.3) is 0 Å². The molecule has 0 saturated heterocycles. The zero-order valence-corrected chi connectivity index (χ0v) is 6.18. The van der Waals surface area contributed by atoms with E-state index in [0.29, 0.717) is 12.3 Å². The molecule has 0 aliphatic carbocycles. The molecular weight excluding hydrogens is 112 g/mol. The lowest BCUT2D eigenvalue weighted by Gasteiger charge is -2.04. The number of carbonyl (C=O) groups excluding carboxylic acids is 1. The van der Waals surface area contributed by atoms with Crippen molar-refractivity contribution in [2.75, 3.05) is 0 Å². The molecule has 52 valence electrons. The van der Waals surface area contributed by atoms with Gasteiger partial charge in [-0.3, -0.25) is 0 Å². The first-order valence-corrected chi connectivity index (χ1v) is 3.24. The molecule has 0 aromatic rings. The Morgan fingerprint density at radius 1 is 1.78 bits per heavy atom. The van der Waals surface area contributed by atoms with Crippen LogP contribution in [0.4, 0.5) is 0 Å². The van der Waals surface area contributed by atoms with Crippen molar-refractivity contribution in [1.29, 1.82) is 0 Å². The summed E-state index contributed by atoms with van der Waals surface area (Å²) in [4.78, 5) is 9.97. The Morgan fingerprint density at radius 2 is 2.33 bits per heavy atom. The zero-order chi connectivity index (χ0) is 7.28. The maximum Gasteiger partial charge on any atom is 0.120 e. The lowest BCUT2D eigenvalue weighted by Crippen LogP contribution is -1.94. The van der Waals surface area contributed by atoms with Crippen LogP contribution in [0.15, 0.2) is 12.2 Å². The van der Waals surface area contributed by atoms with Crippen LogP contribution in [0.5, 0.6) is 0 Å². The highest BCUT2D eigenvalue weighted by atomic mass is 16.1. The molecule has 0 fully saturated rings. The maximum absolute atomic E-state index is 9.97. The summed E-state index contributed by atoms with van der Waals surface area (Å²) in [6.45, 7) is 7.81. The fourth-order valence-electron chi connectivity index (χ4n) is 0.842. The molecule has 0 N–H and O–H groups in total. The first kappa shape index (κ1) is 8.41. The smallest absolute Gasteiger partial charge is 0.120 e. The van der Waals surface area contributed by atoms with E-state index in [2.05, 4.69) is 13.5 Å². The first-order chi connectivity index (χ1) is 4.16. The van der Waals surface area contributed by atoms with E-state index in [1.165, 1.54) is 0 Å². The first-order valence-electron chi connectivity index (χ1n) is 3.24. The molecule has 0 amide bonds. The van der Waals surface area contributed by atoms with Crippen LogP contribution in [0.3, 0.4) is 0 Å². The van der Waals surface area contributed by atoms with E-state index >= 15 is 0 Å². The molecule has 1 heteroatoms. The Hall–Kier alpha value is -0.590. The number of allylic oxidation sites excluding steroid dienone is 1. The second-order valence-electron chi connectivity index (χ2n) is 2.67. The molecule has 0 bridgehead atoms. The third-order valence-corrected chi connectivity index (χ3v) is 1.20. The minimum atomic E-state index is 0.472. The standard InChI is InChI=1S/C8H14O/c1-7(2)6-8(3)4-5-9/h5,8H,1,4,6H2,2-3H3. The molecule has 0 heterocycles. The zero-order valence-electron chi connectivity index (χ0n) is 6.18. The third-order valence-electron chi connectivity index (χ3n) is 1.20. The Morgan fingerprint density at radius 3 is 2.67 bits per heavy atom. The van der Waals surface area contributed by atoms with Crippen LogP contribution in [0.2, 0.25) is 0 Å². The van der Waals surface area contributed by atoms with E-state index in [1.54, 1.807) is 0 Å². The van der Waals surface area contributed by atoms with Gasteiger partial charge in [0.15, 0.2) is 0 Å². The van der Waals surface area contributed by atoms with E-state index < -0.39 is 0 Å². The van der Waals surface area contributed by atoms with Gasteiger partial charge in [0, 0.05) is 6.42 Å². The Kier molecular flexibility index (Phi) is 4.02. The van der Waals surface area contributed by atoms with Gasteiger partial charge in [0.2, 0.25) is 0 Å². The molecule has 0 rings (SSSR count). The average Bonchev–Trinajstić information content (AvgIpc) is 1.63. The predicted molar refractivity (Wildman–Crippen MR) is 39.3 cm³/mol. The molecule has 0 aromatic carbocycles. The summed E-state index contributed by atoms with van der Waals surface area (Å²) in [7, 11) is 0.